The summed E-state index contributed by atoms with van der Waals surface area (Å²) in [5.41, 5.74) is 6.74. The molecule has 1 aliphatic rings. The van der Waals surface area contributed by atoms with Crippen molar-refractivity contribution in [3.63, 3.8) is 0 Å². The van der Waals surface area contributed by atoms with Crippen LogP contribution < -0.4 is 4.74 Å². The zero-order valence-electron chi connectivity index (χ0n) is 20.8. The Hall–Kier alpha value is -3.52. The lowest BCUT2D eigenvalue weighted by molar-refractivity contribution is 0.112. The third-order valence-electron chi connectivity index (χ3n) is 6.85. The minimum absolute atomic E-state index is 0.286. The summed E-state index contributed by atoms with van der Waals surface area (Å²) < 4.78 is 12.0. The fourth-order valence-electron chi connectivity index (χ4n) is 4.73. The molecular formula is C29H28ClN3O4. The lowest BCUT2D eigenvalue weighted by Gasteiger charge is -2.16. The van der Waals surface area contributed by atoms with Crippen LogP contribution in [-0.2, 0) is 13.2 Å². The van der Waals surface area contributed by atoms with Crippen molar-refractivity contribution in [1.29, 1.82) is 0 Å². The Bertz CT molecular complexity index is 1430. The van der Waals surface area contributed by atoms with Crippen LogP contribution in [0.4, 0.5) is 0 Å². The van der Waals surface area contributed by atoms with Gasteiger partial charge < -0.3 is 14.3 Å². The Morgan fingerprint density at radius 3 is 2.57 bits per heavy atom. The van der Waals surface area contributed by atoms with Crippen LogP contribution in [-0.4, -0.2) is 45.7 Å². The maximum absolute atomic E-state index is 11.0. The van der Waals surface area contributed by atoms with E-state index in [0.717, 1.165) is 52.6 Å². The first-order valence-electron chi connectivity index (χ1n) is 12.2. The number of carbonyl (C=O) groups is 1. The van der Waals surface area contributed by atoms with Gasteiger partial charge in [0, 0.05) is 24.2 Å². The zero-order valence-corrected chi connectivity index (χ0v) is 21.5. The van der Waals surface area contributed by atoms with Crippen molar-refractivity contribution in [1.82, 2.24) is 15.1 Å². The Morgan fingerprint density at radius 2 is 1.84 bits per heavy atom. The predicted molar refractivity (Wildman–Crippen MR) is 142 cm³/mol. The molecule has 0 bridgehead atoms. The van der Waals surface area contributed by atoms with E-state index in [1.54, 1.807) is 18.2 Å². The van der Waals surface area contributed by atoms with Gasteiger partial charge in [-0.15, -0.1) is 10.2 Å². The number of rotatable bonds is 8. The number of aromatic nitrogens is 2. The first-order chi connectivity index (χ1) is 17.9. The number of nitrogens with zero attached hydrogens (tertiary/aromatic N) is 3. The number of β-amino-alcohol motifs (C(OH)–C–C–N with tert-alkyl or cyclic N) is 1. The second kappa shape index (κ2) is 10.8. The van der Waals surface area contributed by atoms with Crippen molar-refractivity contribution >= 4 is 17.9 Å². The van der Waals surface area contributed by atoms with Crippen LogP contribution >= 0.6 is 11.6 Å². The highest BCUT2D eigenvalue weighted by Crippen LogP contribution is 2.34. The average molecular weight is 518 g/mol. The number of benzene rings is 3. The molecule has 1 fully saturated rings. The van der Waals surface area contributed by atoms with Crippen molar-refractivity contribution in [3.05, 3.63) is 87.8 Å². The summed E-state index contributed by atoms with van der Waals surface area (Å²) in [6.45, 7) is 6.46. The molecule has 0 aliphatic carbocycles. The molecule has 190 valence electrons. The minimum atomic E-state index is -0.286. The summed E-state index contributed by atoms with van der Waals surface area (Å²) in [5.74, 6) is 1.56. The van der Waals surface area contributed by atoms with Gasteiger partial charge in [-0.1, -0.05) is 41.9 Å². The number of aliphatic hydroxyl groups is 1. The van der Waals surface area contributed by atoms with E-state index in [1.165, 1.54) is 0 Å². The average Bonchev–Trinajstić information content (AvgIpc) is 3.53. The highest BCUT2D eigenvalue weighted by atomic mass is 35.5. The lowest BCUT2D eigenvalue weighted by Crippen LogP contribution is -2.21. The number of hydrogen-bond donors (Lipinski definition) is 1. The van der Waals surface area contributed by atoms with Crippen LogP contribution in [0.15, 0.2) is 59.0 Å². The molecule has 1 aliphatic heterocycles. The van der Waals surface area contributed by atoms with Crippen molar-refractivity contribution in [2.75, 3.05) is 13.1 Å². The zero-order chi connectivity index (χ0) is 25.9. The van der Waals surface area contributed by atoms with Gasteiger partial charge in [-0.2, -0.15) is 0 Å². The Balaban J connectivity index is 1.37. The van der Waals surface area contributed by atoms with Gasteiger partial charge in [0.25, 0.3) is 0 Å². The Kier molecular flexibility index (Phi) is 7.37. The molecule has 0 spiro atoms. The van der Waals surface area contributed by atoms with Gasteiger partial charge in [0.05, 0.1) is 17.7 Å². The van der Waals surface area contributed by atoms with Crippen molar-refractivity contribution in [2.45, 2.75) is 39.5 Å². The fraction of sp³-hybridized carbons (Fsp3) is 0.276. The van der Waals surface area contributed by atoms with Crippen molar-refractivity contribution < 1.29 is 19.1 Å². The predicted octanol–water partition coefficient (Wildman–Crippen LogP) is 5.63. The summed E-state index contributed by atoms with van der Waals surface area (Å²) in [6.07, 6.45) is 1.24. The molecule has 8 heteroatoms. The second-order valence-electron chi connectivity index (χ2n) is 9.34. The molecule has 1 aromatic heterocycles. The highest BCUT2D eigenvalue weighted by Gasteiger charge is 2.23. The third kappa shape index (κ3) is 5.44. The normalized spacial score (nSPS) is 15.7. The van der Waals surface area contributed by atoms with Gasteiger partial charge in [-0.05, 0) is 72.4 Å². The second-order valence-corrected chi connectivity index (χ2v) is 9.75. The highest BCUT2D eigenvalue weighted by molar-refractivity contribution is 6.32. The quantitative estimate of drug-likeness (QED) is 0.303. The molecule has 5 rings (SSSR count). The van der Waals surface area contributed by atoms with Crippen LogP contribution in [0.2, 0.25) is 5.02 Å². The standard InChI is InChI=1S/C29H28ClN3O4/c1-18-21(17-36-27-10-9-20(16-34)13-26(27)30)5-3-6-23(18)24-7-4-8-25(19(24)2)29-32-31-28(37-29)15-33-12-11-22(35)14-33/h3-10,13,16,22,35H,11-12,14-15,17H2,1-2H3/t22-/m1/s1. The first-order valence-corrected chi connectivity index (χ1v) is 12.6. The molecule has 2 heterocycles. The van der Waals surface area contributed by atoms with Crippen LogP contribution in [0.1, 0.15) is 39.4 Å². The molecule has 3 aromatic carbocycles. The number of likely N-dealkylation sites (tertiary alicyclic amines) is 1. The number of hydrogen-bond acceptors (Lipinski definition) is 7. The van der Waals surface area contributed by atoms with E-state index < -0.39 is 0 Å². The van der Waals surface area contributed by atoms with Gasteiger partial charge in [0.15, 0.2) is 0 Å². The van der Waals surface area contributed by atoms with Crippen molar-refractivity contribution in [2.24, 2.45) is 0 Å². The lowest BCUT2D eigenvalue weighted by atomic mass is 9.91. The fourth-order valence-corrected chi connectivity index (χ4v) is 4.97. The summed E-state index contributed by atoms with van der Waals surface area (Å²) in [5, 5.41) is 18.7. The van der Waals surface area contributed by atoms with E-state index in [-0.39, 0.29) is 6.10 Å². The molecule has 4 aromatic rings. The van der Waals surface area contributed by atoms with E-state index in [2.05, 4.69) is 41.1 Å². The Morgan fingerprint density at radius 1 is 1.08 bits per heavy atom. The topological polar surface area (TPSA) is 88.7 Å². The Labute approximate surface area is 220 Å². The molecule has 7 nitrogen and oxygen atoms in total. The third-order valence-corrected chi connectivity index (χ3v) is 7.14. The van der Waals surface area contributed by atoms with E-state index >= 15 is 0 Å². The number of ether oxygens (including phenoxy) is 1. The molecular weight excluding hydrogens is 490 g/mol. The summed E-state index contributed by atoms with van der Waals surface area (Å²) >= 11 is 6.28. The van der Waals surface area contributed by atoms with Crippen molar-refractivity contribution in [3.8, 4) is 28.3 Å². The summed E-state index contributed by atoms with van der Waals surface area (Å²) in [6, 6.07) is 17.2. The first kappa shape index (κ1) is 25.1. The minimum Gasteiger partial charge on any atom is -0.487 e. The van der Waals surface area contributed by atoms with Crippen LogP contribution in [0.3, 0.4) is 0 Å². The molecule has 1 atom stereocenters. The van der Waals surface area contributed by atoms with Gasteiger partial charge in [0.1, 0.15) is 18.6 Å². The van der Waals surface area contributed by atoms with E-state index in [9.17, 15) is 9.90 Å². The van der Waals surface area contributed by atoms with Crippen LogP contribution in [0, 0.1) is 13.8 Å². The van der Waals surface area contributed by atoms with E-state index in [0.29, 0.717) is 47.8 Å². The molecule has 0 amide bonds. The van der Waals surface area contributed by atoms with Crippen LogP contribution in [0.5, 0.6) is 5.75 Å². The molecule has 0 saturated carbocycles. The monoisotopic (exact) mass is 517 g/mol. The number of halogens is 1. The van der Waals surface area contributed by atoms with E-state index in [4.69, 9.17) is 20.8 Å². The largest absolute Gasteiger partial charge is 0.487 e. The number of aldehydes is 1. The maximum atomic E-state index is 11.0. The van der Waals surface area contributed by atoms with Gasteiger partial charge in [-0.3, -0.25) is 9.69 Å². The van der Waals surface area contributed by atoms with Crippen LogP contribution in [0.25, 0.3) is 22.6 Å². The molecule has 1 N–H and O–H groups in total. The molecule has 0 unspecified atom stereocenters. The summed E-state index contributed by atoms with van der Waals surface area (Å²) in [4.78, 5) is 13.1. The van der Waals surface area contributed by atoms with E-state index in [1.807, 2.05) is 24.3 Å². The van der Waals surface area contributed by atoms with Gasteiger partial charge in [-0.25, -0.2) is 0 Å². The molecule has 0 radical (unpaired) electrons. The summed E-state index contributed by atoms with van der Waals surface area (Å²) in [7, 11) is 0. The maximum Gasteiger partial charge on any atom is 0.248 e. The number of aliphatic hydroxyl groups excluding tert-OH is 1. The SMILES string of the molecule is Cc1c(COc2ccc(C=O)cc2Cl)cccc1-c1cccc(-c2nnc(CN3CC[C@@H](O)C3)o2)c1C. The van der Waals surface area contributed by atoms with Gasteiger partial charge >= 0.3 is 0 Å². The molecule has 37 heavy (non-hydrogen) atoms. The smallest absolute Gasteiger partial charge is 0.248 e. The van der Waals surface area contributed by atoms with Gasteiger partial charge in [0.2, 0.25) is 11.8 Å². The molecule has 1 saturated heterocycles. The number of carbonyl (C=O) groups excluding carboxylic acids is 1.